The van der Waals surface area contributed by atoms with Crippen molar-refractivity contribution < 1.29 is 22.7 Å². The first kappa shape index (κ1) is 9.65. The second-order valence-corrected chi connectivity index (χ2v) is 4.52. The van der Waals surface area contributed by atoms with Crippen LogP contribution in [0.5, 0.6) is 0 Å². The van der Waals surface area contributed by atoms with Crippen LogP contribution in [0.25, 0.3) is 0 Å². The Balaban J connectivity index is 2.87. The minimum Gasteiger partial charge on any atom is -0.474 e. The van der Waals surface area contributed by atoms with Crippen molar-refractivity contribution in [2.24, 2.45) is 0 Å². The molecule has 0 aromatic carbocycles. The fraction of sp³-hybridized carbons (Fsp3) is 0.400. The van der Waals surface area contributed by atoms with Crippen LogP contribution in [0.2, 0.25) is 0 Å². The normalized spacial score (nSPS) is 11.5. The van der Waals surface area contributed by atoms with E-state index in [1.807, 2.05) is 0 Å². The van der Waals surface area contributed by atoms with E-state index in [1.54, 1.807) is 0 Å². The molecule has 0 aliphatic heterocycles. The molecule has 0 aliphatic rings. The molecule has 0 saturated carbocycles. The van der Waals surface area contributed by atoms with Gasteiger partial charge in [0.05, 0.1) is 0 Å². The van der Waals surface area contributed by atoms with Gasteiger partial charge >= 0.3 is 11.9 Å². The van der Waals surface area contributed by atoms with E-state index in [2.05, 4.69) is 14.6 Å². The van der Waals surface area contributed by atoms with Crippen LogP contribution in [0, 0.1) is 0 Å². The Bertz CT molecular complexity index is 420. The quantitative estimate of drug-likeness (QED) is 0.696. The van der Waals surface area contributed by atoms with Gasteiger partial charge < -0.3 is 9.52 Å². The van der Waals surface area contributed by atoms with Crippen molar-refractivity contribution in [3.8, 4) is 0 Å². The van der Waals surface area contributed by atoms with Gasteiger partial charge in [-0.05, 0) is 0 Å². The molecular formula is C5H6N2O5S. The molecule has 1 rings (SSSR count). The molecule has 1 N–H and O–H groups in total. The highest BCUT2D eigenvalue weighted by atomic mass is 32.2. The van der Waals surface area contributed by atoms with E-state index in [-0.39, 0.29) is 5.89 Å². The summed E-state index contributed by atoms with van der Waals surface area (Å²) in [5, 5.41) is 14.7. The molecule has 0 fully saturated rings. The molecule has 0 radical (unpaired) electrons. The van der Waals surface area contributed by atoms with Crippen molar-refractivity contribution in [2.45, 2.75) is 5.75 Å². The number of carbonyl (C=O) groups is 1. The van der Waals surface area contributed by atoms with Crippen LogP contribution in [0.3, 0.4) is 0 Å². The summed E-state index contributed by atoms with van der Waals surface area (Å²) in [6.45, 7) is 0. The topological polar surface area (TPSA) is 110 Å². The van der Waals surface area contributed by atoms with Gasteiger partial charge in [-0.25, -0.2) is 13.2 Å². The Kier molecular flexibility index (Phi) is 2.32. The number of carboxylic acid groups (broad SMARTS) is 1. The zero-order valence-electron chi connectivity index (χ0n) is 6.59. The third-order valence-corrected chi connectivity index (χ3v) is 1.81. The highest BCUT2D eigenvalue weighted by Crippen LogP contribution is 2.03. The van der Waals surface area contributed by atoms with E-state index < -0.39 is 27.5 Å². The van der Waals surface area contributed by atoms with Crippen molar-refractivity contribution in [1.82, 2.24) is 10.2 Å². The summed E-state index contributed by atoms with van der Waals surface area (Å²) in [7, 11) is -3.28. The summed E-state index contributed by atoms with van der Waals surface area (Å²) in [5.41, 5.74) is 0. The third-order valence-electron chi connectivity index (χ3n) is 1.04. The van der Waals surface area contributed by atoms with E-state index in [1.165, 1.54) is 0 Å². The van der Waals surface area contributed by atoms with E-state index in [0.29, 0.717) is 0 Å². The van der Waals surface area contributed by atoms with Gasteiger partial charge in [0.2, 0.25) is 5.89 Å². The van der Waals surface area contributed by atoms with E-state index in [4.69, 9.17) is 5.11 Å². The lowest BCUT2D eigenvalue weighted by Gasteiger charge is -1.88. The van der Waals surface area contributed by atoms with Crippen LogP contribution in [0.1, 0.15) is 16.6 Å². The molecule has 0 amide bonds. The summed E-state index contributed by atoms with van der Waals surface area (Å²) >= 11 is 0. The smallest absolute Gasteiger partial charge is 0.393 e. The molecule has 7 nitrogen and oxygen atoms in total. The lowest BCUT2D eigenvalue weighted by Crippen LogP contribution is -2.00. The Labute approximate surface area is 73.3 Å². The lowest BCUT2D eigenvalue weighted by atomic mass is 10.7. The molecule has 0 bridgehead atoms. The monoisotopic (exact) mass is 206 g/mol. The third kappa shape index (κ3) is 2.82. The Hall–Kier alpha value is -1.44. The molecule has 0 unspecified atom stereocenters. The molecule has 1 heterocycles. The maximum Gasteiger partial charge on any atom is 0.393 e. The minimum absolute atomic E-state index is 0.222. The van der Waals surface area contributed by atoms with Gasteiger partial charge in [0, 0.05) is 6.26 Å². The second kappa shape index (κ2) is 3.13. The predicted molar refractivity (Wildman–Crippen MR) is 39.8 cm³/mol. The summed E-state index contributed by atoms with van der Waals surface area (Å²) < 4.78 is 25.9. The lowest BCUT2D eigenvalue weighted by molar-refractivity contribution is 0.0652. The van der Waals surface area contributed by atoms with Gasteiger partial charge in [-0.2, -0.15) is 0 Å². The second-order valence-electron chi connectivity index (χ2n) is 2.38. The minimum atomic E-state index is -3.28. The summed E-state index contributed by atoms with van der Waals surface area (Å²) in [6, 6.07) is 0. The van der Waals surface area contributed by atoms with Crippen molar-refractivity contribution in [3.05, 3.63) is 11.8 Å². The van der Waals surface area contributed by atoms with Crippen LogP contribution < -0.4 is 0 Å². The maximum atomic E-state index is 10.7. The number of hydrogen-bond donors (Lipinski definition) is 1. The highest BCUT2D eigenvalue weighted by molar-refractivity contribution is 7.89. The molecule has 0 aliphatic carbocycles. The molecule has 1 aromatic heterocycles. The van der Waals surface area contributed by atoms with Crippen LogP contribution in [0.4, 0.5) is 0 Å². The number of hydrogen-bond acceptors (Lipinski definition) is 6. The zero-order chi connectivity index (χ0) is 10.1. The fourth-order valence-corrected chi connectivity index (χ4v) is 1.19. The zero-order valence-corrected chi connectivity index (χ0v) is 7.41. The van der Waals surface area contributed by atoms with Crippen molar-refractivity contribution in [2.75, 3.05) is 6.26 Å². The van der Waals surface area contributed by atoms with Gasteiger partial charge in [-0.15, -0.1) is 10.2 Å². The van der Waals surface area contributed by atoms with Crippen LogP contribution in [0.15, 0.2) is 4.42 Å². The number of sulfone groups is 1. The van der Waals surface area contributed by atoms with Gasteiger partial charge in [0.15, 0.2) is 9.84 Å². The van der Waals surface area contributed by atoms with E-state index >= 15 is 0 Å². The molecule has 0 atom stereocenters. The summed E-state index contributed by atoms with van der Waals surface area (Å²) in [4.78, 5) is 10.2. The van der Waals surface area contributed by atoms with E-state index in [9.17, 15) is 13.2 Å². The molecule has 1 aromatic rings. The Morgan fingerprint density at radius 2 is 2.15 bits per heavy atom. The Morgan fingerprint density at radius 1 is 1.54 bits per heavy atom. The first-order valence-electron chi connectivity index (χ1n) is 3.12. The molecule has 13 heavy (non-hydrogen) atoms. The standard InChI is InChI=1S/C5H6N2O5S/c1-13(10,11)2-3-6-7-4(12-3)5(8)9/h2H2,1H3,(H,8,9). The number of nitrogens with zero attached hydrogens (tertiary/aromatic N) is 2. The van der Waals surface area contributed by atoms with Gasteiger partial charge in [-0.1, -0.05) is 0 Å². The average molecular weight is 206 g/mol. The number of rotatable bonds is 3. The SMILES string of the molecule is CS(=O)(=O)Cc1nnc(C(=O)O)o1. The van der Waals surface area contributed by atoms with Crippen LogP contribution in [-0.2, 0) is 15.6 Å². The molecular weight excluding hydrogens is 200 g/mol. The van der Waals surface area contributed by atoms with Crippen molar-refractivity contribution in [1.29, 1.82) is 0 Å². The van der Waals surface area contributed by atoms with Gasteiger partial charge in [0.1, 0.15) is 5.75 Å². The number of aromatic nitrogens is 2. The van der Waals surface area contributed by atoms with Crippen LogP contribution in [-0.4, -0.2) is 35.9 Å². The fourth-order valence-electron chi connectivity index (χ4n) is 0.623. The molecule has 8 heteroatoms. The average Bonchev–Trinajstić information content (AvgIpc) is 2.31. The maximum absolute atomic E-state index is 10.7. The van der Waals surface area contributed by atoms with Gasteiger partial charge in [-0.3, -0.25) is 0 Å². The predicted octanol–water partition coefficient (Wildman–Crippen LogP) is -0.688. The largest absolute Gasteiger partial charge is 0.474 e. The molecule has 72 valence electrons. The van der Waals surface area contributed by atoms with Crippen LogP contribution >= 0.6 is 0 Å². The highest BCUT2D eigenvalue weighted by Gasteiger charge is 2.15. The first-order valence-corrected chi connectivity index (χ1v) is 5.18. The van der Waals surface area contributed by atoms with Gasteiger partial charge in [0.25, 0.3) is 0 Å². The Morgan fingerprint density at radius 3 is 2.54 bits per heavy atom. The first-order chi connectivity index (χ1) is 5.88. The molecule has 0 spiro atoms. The van der Waals surface area contributed by atoms with Crippen molar-refractivity contribution in [3.63, 3.8) is 0 Å². The number of carboxylic acids is 1. The summed E-state index contributed by atoms with van der Waals surface area (Å²) in [5.74, 6) is -2.67. The van der Waals surface area contributed by atoms with E-state index in [0.717, 1.165) is 6.26 Å². The summed E-state index contributed by atoms with van der Waals surface area (Å²) in [6.07, 6.45) is 0.984. The van der Waals surface area contributed by atoms with Crippen molar-refractivity contribution >= 4 is 15.8 Å². The number of aromatic carboxylic acids is 1. The molecule has 0 saturated heterocycles.